The molecule has 0 amide bonds. The van der Waals surface area contributed by atoms with E-state index in [4.69, 9.17) is 33.2 Å². The Hall–Kier alpha value is -2.73. The molecule has 14 aliphatic carbocycles. The quantitative estimate of drug-likeness (QED) is 0.0494. The molecule has 17 unspecified atom stereocenters. The van der Waals surface area contributed by atoms with Crippen LogP contribution in [-0.4, -0.2) is 70.9 Å². The van der Waals surface area contributed by atoms with Gasteiger partial charge in [0.05, 0.1) is 38.8 Å². The second kappa shape index (κ2) is 29.9. The van der Waals surface area contributed by atoms with E-state index in [0.717, 1.165) is 128 Å². The fourth-order valence-corrected chi connectivity index (χ4v) is 23.3. The van der Waals surface area contributed by atoms with Crippen LogP contribution in [0.3, 0.4) is 0 Å². The predicted molar refractivity (Wildman–Crippen MR) is 394 cm³/mol. The zero-order valence-electron chi connectivity index (χ0n) is 67.8. The maximum atomic E-state index is 12.7. The van der Waals surface area contributed by atoms with Crippen LogP contribution in [0, 0.1) is 127 Å². The van der Waals surface area contributed by atoms with Gasteiger partial charge in [0.2, 0.25) is 6.29 Å². The van der Waals surface area contributed by atoms with Crippen molar-refractivity contribution < 1.29 is 57.1 Å². The average Bonchev–Trinajstić information content (AvgIpc) is 1.54. The van der Waals surface area contributed by atoms with Crippen LogP contribution in [0.4, 0.5) is 0 Å². The van der Waals surface area contributed by atoms with Gasteiger partial charge in [-0.2, -0.15) is 0 Å². The first-order chi connectivity index (χ1) is 45.9. The maximum Gasteiger partial charge on any atom is 0.313 e. The number of carbonyl (C=O) groups excluding carboxylic acids is 5. The van der Waals surface area contributed by atoms with Gasteiger partial charge in [-0.3, -0.25) is 24.0 Å². The number of rotatable bonds is 20. The number of fused-ring (bicyclic) bond motifs is 12. The molecular weight excluding hydrogens is 1240 g/mol. The Balaban J connectivity index is 0.000000146. The molecule has 12 nitrogen and oxygen atoms in total. The van der Waals surface area contributed by atoms with E-state index in [1.807, 2.05) is 111 Å². The molecule has 0 saturated heterocycles. The third-order valence-corrected chi connectivity index (χ3v) is 31.2. The van der Waals surface area contributed by atoms with Crippen LogP contribution in [0.1, 0.15) is 352 Å². The number of carbonyl (C=O) groups is 5. The molecule has 0 aromatic carbocycles. The van der Waals surface area contributed by atoms with E-state index in [2.05, 4.69) is 55.4 Å². The van der Waals surface area contributed by atoms with Crippen LogP contribution >= 0.6 is 0 Å². The summed E-state index contributed by atoms with van der Waals surface area (Å²) >= 11 is 0. The second-order valence-corrected chi connectivity index (χ2v) is 40.8. The molecule has 0 aromatic heterocycles. The fourth-order valence-electron chi connectivity index (χ4n) is 23.3. The number of ether oxygens (including phenoxy) is 7. The Morgan fingerprint density at radius 3 is 1.43 bits per heavy atom. The standard InChI is InChI=1S/C21H36O2.C20H32O3.C18H30O3.C16H28O2.C12H22O2/c1-8-18(3,4)17(22)23-20(7)11-12-21-13-16(20)19(5,6)15(21)10-9-14(21)2;1-5-20(3,4)19(21)23-11(2)22-16-10-14-9-15(16)18-13-7-6-12(8-13)17(14)18;1-5-17(3,4)16(19)20-12(2)21-18-9-13-6-14(10-18)8-15(7-13)11-18;1-6-15(2,3)14(17)18-16(4,5)13-10-11-7-8-12(13)9-11;1-5-11(2,3)10(13)14-12(4)8-6-7-9-12/h14-16H,8-13H2,1-7H3;11-18H,5-10H2,1-4H3;12-15H,5-11H2,1-4H3;11-13H,6-10H2,1-5H3;5-9H2,1-4H3. The van der Waals surface area contributed by atoms with Crippen LogP contribution in [0.2, 0.25) is 0 Å². The van der Waals surface area contributed by atoms with Crippen LogP contribution < -0.4 is 0 Å². The Labute approximate surface area is 604 Å². The predicted octanol–water partition coefficient (Wildman–Crippen LogP) is 21.8. The molecule has 12 bridgehead atoms. The Bertz CT molecular complexity index is 2760. The molecule has 0 radical (unpaired) electrons. The van der Waals surface area contributed by atoms with Gasteiger partial charge in [-0.05, 0) is 378 Å². The first-order valence-corrected chi connectivity index (χ1v) is 41.3. The summed E-state index contributed by atoms with van der Waals surface area (Å²) in [6, 6.07) is 0. The number of esters is 5. The number of hydrogen-bond acceptors (Lipinski definition) is 12. The molecular formula is C87H148O12. The summed E-state index contributed by atoms with van der Waals surface area (Å²) in [5.41, 5.74) is -1.81. The average molecular weight is 1390 g/mol. The highest BCUT2D eigenvalue weighted by molar-refractivity contribution is 5.78. The summed E-state index contributed by atoms with van der Waals surface area (Å²) in [7, 11) is 0. The van der Waals surface area contributed by atoms with Crippen LogP contribution in [0.25, 0.3) is 0 Å². The van der Waals surface area contributed by atoms with Gasteiger partial charge < -0.3 is 33.2 Å². The highest BCUT2D eigenvalue weighted by atomic mass is 16.7. The van der Waals surface area contributed by atoms with Crippen molar-refractivity contribution in [1.29, 1.82) is 0 Å². The van der Waals surface area contributed by atoms with Gasteiger partial charge in [0.25, 0.3) is 0 Å². The monoisotopic (exact) mass is 1390 g/mol. The second-order valence-electron chi connectivity index (χ2n) is 40.8. The first-order valence-electron chi connectivity index (χ1n) is 41.3. The molecule has 14 rings (SSSR count). The van der Waals surface area contributed by atoms with E-state index >= 15 is 0 Å². The zero-order valence-corrected chi connectivity index (χ0v) is 67.8. The molecule has 14 fully saturated rings. The van der Waals surface area contributed by atoms with Crippen molar-refractivity contribution in [2.24, 2.45) is 127 Å². The summed E-state index contributed by atoms with van der Waals surface area (Å²) in [5.74, 6) is 12.2. The van der Waals surface area contributed by atoms with E-state index in [9.17, 15) is 24.0 Å². The molecule has 0 N–H and O–H groups in total. The normalized spacial score (nSPS) is 38.0. The highest BCUT2D eigenvalue weighted by Gasteiger charge is 2.69. The van der Waals surface area contributed by atoms with Crippen molar-refractivity contribution in [2.45, 2.75) is 393 Å². The van der Waals surface area contributed by atoms with Crippen molar-refractivity contribution in [3.63, 3.8) is 0 Å². The molecule has 0 heterocycles. The van der Waals surface area contributed by atoms with E-state index in [-0.39, 0.29) is 73.9 Å². The third kappa shape index (κ3) is 16.9. The molecule has 0 aliphatic heterocycles. The molecule has 14 aliphatic rings. The smallest absolute Gasteiger partial charge is 0.313 e. The van der Waals surface area contributed by atoms with Gasteiger partial charge in [0, 0.05) is 11.8 Å². The van der Waals surface area contributed by atoms with Crippen LogP contribution in [-0.2, 0) is 57.1 Å². The molecule has 0 aromatic rings. The van der Waals surface area contributed by atoms with Crippen LogP contribution in [0.15, 0.2) is 0 Å². The largest absolute Gasteiger partial charge is 0.459 e. The summed E-state index contributed by atoms with van der Waals surface area (Å²) in [5, 5.41) is 0. The van der Waals surface area contributed by atoms with Gasteiger partial charge in [0.1, 0.15) is 16.8 Å². The van der Waals surface area contributed by atoms with E-state index in [0.29, 0.717) is 23.4 Å². The third-order valence-electron chi connectivity index (χ3n) is 31.2. The van der Waals surface area contributed by atoms with Gasteiger partial charge in [-0.25, -0.2) is 0 Å². The van der Waals surface area contributed by atoms with E-state index in [1.54, 1.807) is 0 Å². The van der Waals surface area contributed by atoms with Gasteiger partial charge in [0.15, 0.2) is 6.29 Å². The van der Waals surface area contributed by atoms with Crippen molar-refractivity contribution in [2.75, 3.05) is 0 Å². The van der Waals surface area contributed by atoms with E-state index < -0.39 is 23.4 Å². The first kappa shape index (κ1) is 80.4. The summed E-state index contributed by atoms with van der Waals surface area (Å²) < 4.78 is 41.5. The molecule has 14 saturated carbocycles. The molecule has 17 atom stereocenters. The Morgan fingerprint density at radius 2 is 0.929 bits per heavy atom. The minimum atomic E-state index is -0.418. The Kier molecular flexibility index (Phi) is 24.3. The zero-order chi connectivity index (χ0) is 73.2. The Morgan fingerprint density at radius 1 is 0.444 bits per heavy atom. The molecule has 568 valence electrons. The van der Waals surface area contributed by atoms with Gasteiger partial charge in [-0.15, -0.1) is 0 Å². The van der Waals surface area contributed by atoms with Crippen molar-refractivity contribution in [1.82, 2.24) is 0 Å². The van der Waals surface area contributed by atoms with Gasteiger partial charge in [-0.1, -0.05) is 61.8 Å². The lowest BCUT2D eigenvalue weighted by molar-refractivity contribution is -0.248. The van der Waals surface area contributed by atoms with E-state index in [1.165, 1.54) is 135 Å². The molecule has 1 spiro atoms. The topological polar surface area (TPSA) is 150 Å². The lowest BCUT2D eigenvalue weighted by Gasteiger charge is -2.56. The van der Waals surface area contributed by atoms with Crippen molar-refractivity contribution >= 4 is 29.8 Å². The lowest BCUT2D eigenvalue weighted by Crippen LogP contribution is -2.53. The summed E-state index contributed by atoms with van der Waals surface area (Å²) in [6.07, 6.45) is 34.4. The maximum absolute atomic E-state index is 12.7. The summed E-state index contributed by atoms with van der Waals surface area (Å²) in [4.78, 5) is 61.2. The fraction of sp³-hybridized carbons (Fsp3) is 0.943. The van der Waals surface area contributed by atoms with Crippen molar-refractivity contribution in [3.8, 4) is 0 Å². The summed E-state index contributed by atoms with van der Waals surface area (Å²) in [6.45, 7) is 49.5. The van der Waals surface area contributed by atoms with Gasteiger partial charge >= 0.3 is 29.8 Å². The SMILES string of the molecule is CCC(C)(C)C(=O)OC(C)(C)C1CC2CCC1C2.CCC(C)(C)C(=O)OC(C)OC12CC3CC(CC(C3)C1)C2.CCC(C)(C)C(=O)OC(C)OC1CC2CC1C1C3CCC(C3)C21.CCC(C)(C)C(=O)OC1(C)CCC23CC1C(C)(C)C2CCC3C.CCC(C)(C)C(=O)OC1(C)CCCC1. The molecule has 99 heavy (non-hydrogen) atoms. The molecule has 12 heteroatoms. The van der Waals surface area contributed by atoms with Crippen molar-refractivity contribution in [3.05, 3.63) is 0 Å². The number of hydrogen-bond donors (Lipinski definition) is 0. The highest BCUT2D eigenvalue weighted by Crippen LogP contribution is 2.74. The van der Waals surface area contributed by atoms with Crippen LogP contribution in [0.5, 0.6) is 0 Å². The minimum absolute atomic E-state index is 0.000595. The minimum Gasteiger partial charge on any atom is -0.459 e. The lowest BCUT2D eigenvalue weighted by atomic mass is 9.54.